The highest BCUT2D eigenvalue weighted by Crippen LogP contribution is 2.32. The third-order valence-electron chi connectivity index (χ3n) is 5.47. The predicted molar refractivity (Wildman–Crippen MR) is 120 cm³/mol. The maximum atomic E-state index is 12.5. The van der Waals surface area contributed by atoms with Gasteiger partial charge in [-0.05, 0) is 25.0 Å². The van der Waals surface area contributed by atoms with Crippen LogP contribution in [0, 0.1) is 12.8 Å². The Balaban J connectivity index is 1.51. The summed E-state index contributed by atoms with van der Waals surface area (Å²) in [6.07, 6.45) is 12.1. The molecule has 5 rings (SSSR count). The standard InChI is InChI=1S/C22H20N8O3/c1-12-13(2-3-18(31)21-25-7-8-26-21)19(15-4-9-33-30-15)16(28-12)10-17-20(24-6-5-23-17)14-11-27-29-22(14)32/h4-11,14,23,28H,2-3H2,1H3,(H,25,26)(H,29,32). The minimum absolute atomic E-state index is 0.0772. The number of aryl methyl sites for hydroxylation is 1. The third kappa shape index (κ3) is 3.91. The fourth-order valence-electron chi connectivity index (χ4n) is 3.92. The lowest BCUT2D eigenvalue weighted by Crippen LogP contribution is -2.32. The first kappa shape index (κ1) is 20.4. The molecular formula is C22H20N8O3. The van der Waals surface area contributed by atoms with Gasteiger partial charge in [0, 0.05) is 54.8 Å². The van der Waals surface area contributed by atoms with Gasteiger partial charge in [-0.2, -0.15) is 5.10 Å². The number of nitrogens with one attached hydrogen (secondary N) is 4. The number of nitrogens with zero attached hydrogens (tertiary/aromatic N) is 4. The van der Waals surface area contributed by atoms with Crippen LogP contribution in [-0.2, 0) is 11.2 Å². The van der Waals surface area contributed by atoms with E-state index < -0.39 is 5.92 Å². The topological polar surface area (TPSA) is 153 Å². The lowest BCUT2D eigenvalue weighted by atomic mass is 9.97. The van der Waals surface area contributed by atoms with E-state index >= 15 is 0 Å². The number of carbonyl (C=O) groups excluding carboxylic acids is 2. The Hall–Kier alpha value is -4.54. The molecule has 0 saturated heterocycles. The fourth-order valence-corrected chi connectivity index (χ4v) is 3.92. The molecular weight excluding hydrogens is 424 g/mol. The van der Waals surface area contributed by atoms with Gasteiger partial charge in [0.25, 0.3) is 5.91 Å². The predicted octanol–water partition coefficient (Wildman–Crippen LogP) is 2.10. The Kier molecular flexibility index (Phi) is 5.27. The number of aromatic nitrogens is 4. The molecule has 1 atom stereocenters. The van der Waals surface area contributed by atoms with E-state index in [2.05, 4.69) is 40.9 Å². The number of amides is 1. The van der Waals surface area contributed by atoms with Crippen LogP contribution in [0.25, 0.3) is 17.3 Å². The maximum absolute atomic E-state index is 12.5. The van der Waals surface area contributed by atoms with E-state index in [1.165, 1.54) is 12.5 Å². The molecule has 166 valence electrons. The van der Waals surface area contributed by atoms with Gasteiger partial charge in [0.1, 0.15) is 17.9 Å². The summed E-state index contributed by atoms with van der Waals surface area (Å²) < 4.78 is 5.09. The van der Waals surface area contributed by atoms with Gasteiger partial charge in [-0.1, -0.05) is 5.16 Å². The molecule has 4 N–H and O–H groups in total. The number of carbonyl (C=O) groups is 2. The van der Waals surface area contributed by atoms with Gasteiger partial charge < -0.3 is 19.8 Å². The van der Waals surface area contributed by atoms with E-state index in [0.717, 1.165) is 22.5 Å². The van der Waals surface area contributed by atoms with Crippen LogP contribution in [0.5, 0.6) is 0 Å². The smallest absolute Gasteiger partial charge is 0.254 e. The van der Waals surface area contributed by atoms with Gasteiger partial charge in [0.15, 0.2) is 11.6 Å². The van der Waals surface area contributed by atoms with E-state index in [1.54, 1.807) is 30.9 Å². The van der Waals surface area contributed by atoms with Crippen LogP contribution in [0.3, 0.4) is 0 Å². The van der Waals surface area contributed by atoms with E-state index in [4.69, 9.17) is 4.52 Å². The number of imidazole rings is 1. The normalized spacial score (nSPS) is 18.5. The van der Waals surface area contributed by atoms with Crippen molar-refractivity contribution in [1.82, 2.24) is 30.9 Å². The Morgan fingerprint density at radius 2 is 2.24 bits per heavy atom. The zero-order chi connectivity index (χ0) is 22.8. The average molecular weight is 444 g/mol. The van der Waals surface area contributed by atoms with Gasteiger partial charge in [-0.15, -0.1) is 0 Å². The zero-order valence-corrected chi connectivity index (χ0v) is 17.6. The number of aromatic amines is 2. The number of hydrogen-bond acceptors (Lipinski definition) is 8. The molecule has 5 heterocycles. The first-order valence-electron chi connectivity index (χ1n) is 10.3. The van der Waals surface area contributed by atoms with Crippen LogP contribution in [0.2, 0.25) is 0 Å². The van der Waals surface area contributed by atoms with Gasteiger partial charge in [-0.25, -0.2) is 10.4 Å². The minimum atomic E-state index is -0.592. The number of aliphatic imine (C=N–C) groups is 1. The highest BCUT2D eigenvalue weighted by Gasteiger charge is 2.30. The summed E-state index contributed by atoms with van der Waals surface area (Å²) in [4.78, 5) is 39.3. The number of allylic oxidation sites excluding steroid dienone is 1. The molecule has 0 aliphatic carbocycles. The second-order valence-corrected chi connectivity index (χ2v) is 7.53. The summed E-state index contributed by atoms with van der Waals surface area (Å²) in [5, 5.41) is 11.1. The summed E-state index contributed by atoms with van der Waals surface area (Å²) in [6, 6.07) is 1.77. The van der Waals surface area contributed by atoms with Crippen molar-refractivity contribution in [1.29, 1.82) is 0 Å². The number of H-pyrrole nitrogens is 2. The second kappa shape index (κ2) is 8.54. The van der Waals surface area contributed by atoms with Crippen molar-refractivity contribution in [2.45, 2.75) is 19.8 Å². The molecule has 2 aliphatic heterocycles. The lowest BCUT2D eigenvalue weighted by Gasteiger charge is -2.16. The minimum Gasteiger partial charge on any atom is -0.364 e. The number of ketones is 1. The summed E-state index contributed by atoms with van der Waals surface area (Å²) in [5.41, 5.74) is 7.69. The van der Waals surface area contributed by atoms with Crippen molar-refractivity contribution in [2.24, 2.45) is 16.0 Å². The molecule has 3 aromatic heterocycles. The summed E-state index contributed by atoms with van der Waals surface area (Å²) in [6.45, 7) is 1.94. The molecule has 0 saturated carbocycles. The maximum Gasteiger partial charge on any atom is 0.254 e. The Morgan fingerprint density at radius 1 is 1.33 bits per heavy atom. The van der Waals surface area contributed by atoms with Crippen LogP contribution in [0.1, 0.15) is 34.0 Å². The first-order chi connectivity index (χ1) is 16.1. The lowest BCUT2D eigenvalue weighted by molar-refractivity contribution is -0.120. The summed E-state index contributed by atoms with van der Waals surface area (Å²) in [5.74, 6) is -0.574. The van der Waals surface area contributed by atoms with Gasteiger partial charge in [0.2, 0.25) is 0 Å². The molecule has 33 heavy (non-hydrogen) atoms. The summed E-state index contributed by atoms with van der Waals surface area (Å²) in [7, 11) is 0. The van der Waals surface area contributed by atoms with Crippen molar-refractivity contribution in [2.75, 3.05) is 0 Å². The molecule has 0 aromatic carbocycles. The Bertz CT molecular complexity index is 1310. The average Bonchev–Trinajstić information content (AvgIpc) is 3.61. The number of Topliss-reactive ketones (excluding diaryl/α,β-unsaturated/α-hetero) is 1. The third-order valence-corrected chi connectivity index (χ3v) is 5.47. The van der Waals surface area contributed by atoms with Crippen LogP contribution < -0.4 is 10.7 Å². The molecule has 1 amide bonds. The number of rotatable bonds is 7. The second-order valence-electron chi connectivity index (χ2n) is 7.53. The van der Waals surface area contributed by atoms with Crippen molar-refractivity contribution in [3.63, 3.8) is 0 Å². The molecule has 2 aliphatic rings. The first-order valence-corrected chi connectivity index (χ1v) is 10.3. The van der Waals surface area contributed by atoms with Crippen LogP contribution in [-0.4, -0.2) is 43.7 Å². The molecule has 0 bridgehead atoms. The highest BCUT2D eigenvalue weighted by atomic mass is 16.5. The molecule has 0 spiro atoms. The van der Waals surface area contributed by atoms with Crippen molar-refractivity contribution < 1.29 is 14.1 Å². The quantitative estimate of drug-likeness (QED) is 0.409. The Morgan fingerprint density at radius 3 is 2.97 bits per heavy atom. The Labute approximate surface area is 187 Å². The SMILES string of the molecule is Cc1[nH]c(C=C2NC=CN=C2C2C=NNC2=O)c(-c2ccon2)c1CCC(=O)c1ncc[nH]1. The number of hydrazone groups is 1. The van der Waals surface area contributed by atoms with Crippen LogP contribution in [0.4, 0.5) is 0 Å². The molecule has 1 unspecified atom stereocenters. The molecule has 0 fully saturated rings. The molecule has 0 radical (unpaired) electrons. The van der Waals surface area contributed by atoms with Gasteiger partial charge in [-0.3, -0.25) is 14.6 Å². The molecule has 3 aromatic rings. The summed E-state index contributed by atoms with van der Waals surface area (Å²) >= 11 is 0. The van der Waals surface area contributed by atoms with Crippen molar-refractivity contribution in [3.05, 3.63) is 65.6 Å². The van der Waals surface area contributed by atoms with Gasteiger partial charge in [0.05, 0.1) is 17.1 Å². The van der Waals surface area contributed by atoms with E-state index in [9.17, 15) is 9.59 Å². The largest absolute Gasteiger partial charge is 0.364 e. The van der Waals surface area contributed by atoms with Crippen LogP contribution in [0.15, 0.2) is 57.4 Å². The zero-order valence-electron chi connectivity index (χ0n) is 17.6. The van der Waals surface area contributed by atoms with Crippen LogP contribution >= 0.6 is 0 Å². The van der Waals surface area contributed by atoms with E-state index in [1.807, 2.05) is 13.0 Å². The van der Waals surface area contributed by atoms with Gasteiger partial charge >= 0.3 is 0 Å². The van der Waals surface area contributed by atoms with Crippen molar-refractivity contribution in [3.8, 4) is 11.3 Å². The highest BCUT2D eigenvalue weighted by molar-refractivity contribution is 6.24. The van der Waals surface area contributed by atoms with E-state index in [0.29, 0.717) is 29.3 Å². The molecule has 11 heteroatoms. The van der Waals surface area contributed by atoms with Crippen molar-refractivity contribution >= 4 is 29.7 Å². The van der Waals surface area contributed by atoms with E-state index in [-0.39, 0.29) is 18.1 Å². The molecule has 11 nitrogen and oxygen atoms in total. The fraction of sp³-hybridized carbons (Fsp3) is 0.182. The number of hydrogen-bond donors (Lipinski definition) is 4. The monoisotopic (exact) mass is 444 g/mol.